The second kappa shape index (κ2) is 4.47. The monoisotopic (exact) mass is 235 g/mol. The second-order valence-corrected chi connectivity index (χ2v) is 5.00. The van der Waals surface area contributed by atoms with E-state index in [2.05, 4.69) is 4.90 Å². The lowest BCUT2D eigenvalue weighted by atomic mass is 9.95. The summed E-state index contributed by atoms with van der Waals surface area (Å²) in [6, 6.07) is 7.55. The molecule has 0 atom stereocenters. The molecule has 0 aromatic heterocycles. The van der Waals surface area contributed by atoms with Crippen molar-refractivity contribution >= 4 is 11.5 Å². The first-order valence-corrected chi connectivity index (χ1v) is 6.03. The van der Waals surface area contributed by atoms with E-state index in [-0.39, 0.29) is 5.78 Å². The zero-order valence-corrected chi connectivity index (χ0v) is 10.4. The maximum atomic E-state index is 13.7. The van der Waals surface area contributed by atoms with E-state index >= 15 is 0 Å². The Bertz CT molecular complexity index is 401. The molecule has 0 unspecified atom stereocenters. The van der Waals surface area contributed by atoms with E-state index in [9.17, 15) is 9.18 Å². The summed E-state index contributed by atoms with van der Waals surface area (Å²) in [5.41, 5.74) is 0.780. The molecule has 0 bridgehead atoms. The van der Waals surface area contributed by atoms with Crippen molar-refractivity contribution in [2.75, 3.05) is 18.0 Å². The Morgan fingerprint density at radius 3 is 2.24 bits per heavy atom. The average Bonchev–Trinajstić information content (AvgIpc) is 2.29. The van der Waals surface area contributed by atoms with Crippen LogP contribution in [-0.4, -0.2) is 24.5 Å². The molecule has 1 fully saturated rings. The van der Waals surface area contributed by atoms with Crippen molar-refractivity contribution in [1.82, 2.24) is 0 Å². The zero-order chi connectivity index (χ0) is 12.5. The van der Waals surface area contributed by atoms with Crippen molar-refractivity contribution in [3.63, 3.8) is 0 Å². The van der Waals surface area contributed by atoms with E-state index in [0.717, 1.165) is 24.3 Å². The Morgan fingerprint density at radius 2 is 1.76 bits per heavy atom. The molecule has 0 aliphatic carbocycles. The van der Waals surface area contributed by atoms with Gasteiger partial charge in [0.15, 0.2) is 5.78 Å². The van der Waals surface area contributed by atoms with Gasteiger partial charge in [0, 0.05) is 24.3 Å². The number of alkyl halides is 1. The Balaban J connectivity index is 2.06. The van der Waals surface area contributed by atoms with Gasteiger partial charge in [0.05, 0.1) is 0 Å². The van der Waals surface area contributed by atoms with E-state index in [1.54, 1.807) is 13.8 Å². The van der Waals surface area contributed by atoms with Gasteiger partial charge in [0.25, 0.3) is 0 Å². The molecule has 1 aliphatic heterocycles. The van der Waals surface area contributed by atoms with Crippen molar-refractivity contribution in [3.05, 3.63) is 29.8 Å². The second-order valence-electron chi connectivity index (χ2n) is 5.00. The highest BCUT2D eigenvalue weighted by Gasteiger charge is 2.29. The van der Waals surface area contributed by atoms with Crippen LogP contribution in [0.2, 0.25) is 0 Å². The quantitative estimate of drug-likeness (QED) is 0.734. The van der Waals surface area contributed by atoms with Crippen LogP contribution in [0.15, 0.2) is 24.3 Å². The molecule has 0 spiro atoms. The molecular formula is C14H18FNO. The highest BCUT2D eigenvalue weighted by atomic mass is 19.1. The summed E-state index contributed by atoms with van der Waals surface area (Å²) in [5, 5.41) is 0. The first kappa shape index (κ1) is 12.1. The van der Waals surface area contributed by atoms with Gasteiger partial charge in [-0.15, -0.1) is 0 Å². The van der Waals surface area contributed by atoms with Crippen LogP contribution in [0.25, 0.3) is 0 Å². The van der Waals surface area contributed by atoms with Gasteiger partial charge in [-0.05, 0) is 51.0 Å². The fourth-order valence-corrected chi connectivity index (χ4v) is 2.14. The molecule has 1 saturated heterocycles. The van der Waals surface area contributed by atoms with Gasteiger partial charge in [-0.1, -0.05) is 0 Å². The molecule has 0 saturated carbocycles. The summed E-state index contributed by atoms with van der Waals surface area (Å²) >= 11 is 0. The third-order valence-electron chi connectivity index (χ3n) is 3.44. The molecule has 2 rings (SSSR count). The number of piperidine rings is 1. The molecule has 17 heavy (non-hydrogen) atoms. The van der Waals surface area contributed by atoms with Crippen molar-refractivity contribution in [2.24, 2.45) is 0 Å². The number of ketones is 1. The topological polar surface area (TPSA) is 20.3 Å². The fourth-order valence-electron chi connectivity index (χ4n) is 2.14. The Hall–Kier alpha value is -1.38. The lowest BCUT2D eigenvalue weighted by molar-refractivity contribution is 0.101. The first-order chi connectivity index (χ1) is 7.98. The number of rotatable bonds is 2. The number of hydrogen-bond acceptors (Lipinski definition) is 2. The van der Waals surface area contributed by atoms with Crippen LogP contribution in [0.4, 0.5) is 10.1 Å². The zero-order valence-electron chi connectivity index (χ0n) is 10.4. The number of carbonyl (C=O) groups excluding carboxylic acids is 1. The highest BCUT2D eigenvalue weighted by Crippen LogP contribution is 2.28. The number of benzene rings is 1. The standard InChI is InChI=1S/C14H18FNO/c1-11(17)12-3-5-13(6-4-12)16-9-7-14(2,15)8-10-16/h3-6H,7-10H2,1-2H3. The summed E-state index contributed by atoms with van der Waals surface area (Å²) in [6.07, 6.45) is 1.14. The fraction of sp³-hybridized carbons (Fsp3) is 0.500. The first-order valence-electron chi connectivity index (χ1n) is 6.03. The van der Waals surface area contributed by atoms with Crippen LogP contribution in [0.1, 0.15) is 37.0 Å². The summed E-state index contributed by atoms with van der Waals surface area (Å²) in [6.45, 7) is 4.71. The van der Waals surface area contributed by atoms with Crippen molar-refractivity contribution < 1.29 is 9.18 Å². The molecule has 0 radical (unpaired) electrons. The summed E-state index contributed by atoms with van der Waals surface area (Å²) in [4.78, 5) is 13.3. The van der Waals surface area contributed by atoms with Crippen molar-refractivity contribution in [3.8, 4) is 0 Å². The molecule has 92 valence electrons. The number of Topliss-reactive ketones (excluding diaryl/α,β-unsaturated/α-hetero) is 1. The molecule has 0 amide bonds. The average molecular weight is 235 g/mol. The minimum Gasteiger partial charge on any atom is -0.371 e. The minimum absolute atomic E-state index is 0.0755. The Morgan fingerprint density at radius 1 is 1.24 bits per heavy atom. The van der Waals surface area contributed by atoms with Crippen LogP contribution in [0, 0.1) is 0 Å². The van der Waals surface area contributed by atoms with Gasteiger partial charge in [-0.25, -0.2) is 4.39 Å². The molecule has 1 aromatic rings. The SMILES string of the molecule is CC(=O)c1ccc(N2CCC(C)(F)CC2)cc1. The van der Waals surface area contributed by atoms with E-state index in [1.807, 2.05) is 24.3 Å². The van der Waals surface area contributed by atoms with Crippen LogP contribution in [0.3, 0.4) is 0 Å². The Kier molecular flexibility index (Phi) is 3.18. The number of carbonyl (C=O) groups is 1. The van der Waals surface area contributed by atoms with Crippen LogP contribution < -0.4 is 4.90 Å². The molecular weight excluding hydrogens is 217 g/mol. The summed E-state index contributed by atoms with van der Waals surface area (Å²) < 4.78 is 13.7. The van der Waals surface area contributed by atoms with Gasteiger partial charge in [0.2, 0.25) is 0 Å². The molecule has 0 N–H and O–H groups in total. The van der Waals surface area contributed by atoms with E-state index < -0.39 is 5.67 Å². The Labute approximate surface area is 101 Å². The number of hydrogen-bond donors (Lipinski definition) is 0. The lowest BCUT2D eigenvalue weighted by Crippen LogP contribution is -2.40. The molecule has 1 aliphatic rings. The third kappa shape index (κ3) is 2.84. The van der Waals surface area contributed by atoms with E-state index in [0.29, 0.717) is 12.8 Å². The van der Waals surface area contributed by atoms with Gasteiger partial charge >= 0.3 is 0 Å². The van der Waals surface area contributed by atoms with Gasteiger partial charge in [0.1, 0.15) is 5.67 Å². The van der Waals surface area contributed by atoms with E-state index in [1.165, 1.54) is 0 Å². The minimum atomic E-state index is -1.02. The van der Waals surface area contributed by atoms with E-state index in [4.69, 9.17) is 0 Å². The highest BCUT2D eigenvalue weighted by molar-refractivity contribution is 5.94. The number of halogens is 1. The molecule has 2 nitrogen and oxygen atoms in total. The van der Waals surface area contributed by atoms with Gasteiger partial charge in [-0.2, -0.15) is 0 Å². The third-order valence-corrected chi connectivity index (χ3v) is 3.44. The molecule has 1 aromatic carbocycles. The van der Waals surface area contributed by atoms with Crippen LogP contribution in [-0.2, 0) is 0 Å². The largest absolute Gasteiger partial charge is 0.371 e. The van der Waals surface area contributed by atoms with Crippen molar-refractivity contribution in [2.45, 2.75) is 32.4 Å². The van der Waals surface area contributed by atoms with Crippen LogP contribution in [0.5, 0.6) is 0 Å². The molecule has 1 heterocycles. The predicted molar refractivity (Wildman–Crippen MR) is 67.4 cm³/mol. The summed E-state index contributed by atoms with van der Waals surface area (Å²) in [5.74, 6) is 0.0755. The predicted octanol–water partition coefficient (Wildman–Crippen LogP) is 3.22. The maximum Gasteiger partial charge on any atom is 0.159 e. The normalized spacial score (nSPS) is 19.1. The van der Waals surface area contributed by atoms with Crippen molar-refractivity contribution in [1.29, 1.82) is 0 Å². The maximum absolute atomic E-state index is 13.7. The smallest absolute Gasteiger partial charge is 0.159 e. The molecule has 3 heteroatoms. The number of nitrogens with zero attached hydrogens (tertiary/aromatic N) is 1. The van der Waals surface area contributed by atoms with Crippen LogP contribution >= 0.6 is 0 Å². The summed E-state index contributed by atoms with van der Waals surface area (Å²) in [7, 11) is 0. The lowest BCUT2D eigenvalue weighted by Gasteiger charge is -2.35. The van der Waals surface area contributed by atoms with Gasteiger partial charge in [-0.3, -0.25) is 4.79 Å². The number of anilines is 1. The van der Waals surface area contributed by atoms with Gasteiger partial charge < -0.3 is 4.90 Å².